The lowest BCUT2D eigenvalue weighted by Gasteiger charge is -2.06. The van der Waals surface area contributed by atoms with Crippen molar-refractivity contribution in [1.29, 1.82) is 5.41 Å². The SMILES string of the molecule is CC(CO)Sc1ccc(C(=N)N)nc1. The van der Waals surface area contributed by atoms with E-state index in [0.717, 1.165) is 4.90 Å². The number of aliphatic hydroxyl groups is 1. The molecule has 0 spiro atoms. The molecule has 5 heteroatoms. The molecular formula is C9H13N3OS. The van der Waals surface area contributed by atoms with Gasteiger partial charge in [0.25, 0.3) is 0 Å². The van der Waals surface area contributed by atoms with Crippen molar-refractivity contribution in [3.05, 3.63) is 24.0 Å². The Morgan fingerprint density at radius 1 is 1.71 bits per heavy atom. The Morgan fingerprint density at radius 3 is 2.86 bits per heavy atom. The maximum Gasteiger partial charge on any atom is 0.141 e. The third kappa shape index (κ3) is 3.01. The minimum Gasteiger partial charge on any atom is -0.395 e. The first-order valence-corrected chi connectivity index (χ1v) is 5.09. The van der Waals surface area contributed by atoms with Crippen molar-refractivity contribution in [1.82, 2.24) is 4.98 Å². The Morgan fingerprint density at radius 2 is 2.43 bits per heavy atom. The van der Waals surface area contributed by atoms with Gasteiger partial charge in [-0.1, -0.05) is 6.92 Å². The number of aliphatic hydroxyl groups excluding tert-OH is 1. The number of aromatic nitrogens is 1. The second kappa shape index (κ2) is 4.97. The summed E-state index contributed by atoms with van der Waals surface area (Å²) in [5.41, 5.74) is 5.74. The molecule has 14 heavy (non-hydrogen) atoms. The van der Waals surface area contributed by atoms with Crippen LogP contribution in [0.5, 0.6) is 0 Å². The molecule has 1 unspecified atom stereocenters. The predicted molar refractivity (Wildman–Crippen MR) is 57.7 cm³/mol. The summed E-state index contributed by atoms with van der Waals surface area (Å²) in [7, 11) is 0. The van der Waals surface area contributed by atoms with Gasteiger partial charge in [0.1, 0.15) is 11.5 Å². The molecule has 1 atom stereocenters. The van der Waals surface area contributed by atoms with Gasteiger partial charge in [-0.05, 0) is 12.1 Å². The van der Waals surface area contributed by atoms with E-state index in [1.165, 1.54) is 0 Å². The van der Waals surface area contributed by atoms with E-state index in [4.69, 9.17) is 16.2 Å². The summed E-state index contributed by atoms with van der Waals surface area (Å²) in [6, 6.07) is 3.55. The highest BCUT2D eigenvalue weighted by Gasteiger charge is 2.03. The van der Waals surface area contributed by atoms with Crippen LogP contribution in [0.2, 0.25) is 0 Å². The lowest BCUT2D eigenvalue weighted by Crippen LogP contribution is -2.12. The van der Waals surface area contributed by atoms with Gasteiger partial charge in [-0.25, -0.2) is 0 Å². The van der Waals surface area contributed by atoms with Gasteiger partial charge < -0.3 is 10.8 Å². The summed E-state index contributed by atoms with van der Waals surface area (Å²) in [5.74, 6) is -0.0308. The van der Waals surface area contributed by atoms with E-state index in [0.29, 0.717) is 5.69 Å². The number of rotatable bonds is 4. The van der Waals surface area contributed by atoms with Crippen molar-refractivity contribution in [2.75, 3.05) is 6.61 Å². The van der Waals surface area contributed by atoms with E-state index in [1.807, 2.05) is 13.0 Å². The number of amidine groups is 1. The summed E-state index contributed by atoms with van der Waals surface area (Å²) in [4.78, 5) is 4.98. The van der Waals surface area contributed by atoms with Crippen molar-refractivity contribution in [3.63, 3.8) is 0 Å². The van der Waals surface area contributed by atoms with Crippen molar-refractivity contribution in [2.24, 2.45) is 5.73 Å². The average molecular weight is 211 g/mol. The highest BCUT2D eigenvalue weighted by molar-refractivity contribution is 8.00. The van der Waals surface area contributed by atoms with E-state index in [9.17, 15) is 0 Å². The fourth-order valence-electron chi connectivity index (χ4n) is 0.879. The van der Waals surface area contributed by atoms with Gasteiger partial charge in [0, 0.05) is 16.3 Å². The van der Waals surface area contributed by atoms with Crippen molar-refractivity contribution >= 4 is 17.6 Å². The molecule has 0 amide bonds. The predicted octanol–water partition coefficient (Wildman–Crippen LogP) is 0.839. The van der Waals surface area contributed by atoms with Crippen LogP contribution in [0.4, 0.5) is 0 Å². The average Bonchev–Trinajstić information content (AvgIpc) is 2.18. The molecule has 4 nitrogen and oxygen atoms in total. The Bertz CT molecular complexity index is 312. The third-order valence-corrected chi connectivity index (χ3v) is 2.67. The molecule has 0 radical (unpaired) electrons. The highest BCUT2D eigenvalue weighted by atomic mass is 32.2. The fourth-order valence-corrected chi connectivity index (χ4v) is 1.68. The van der Waals surface area contributed by atoms with Gasteiger partial charge in [0.05, 0.1) is 6.61 Å². The minimum absolute atomic E-state index is 0.0308. The smallest absolute Gasteiger partial charge is 0.141 e. The number of hydrogen-bond donors (Lipinski definition) is 3. The number of thioether (sulfide) groups is 1. The number of nitrogen functional groups attached to an aromatic ring is 1. The largest absolute Gasteiger partial charge is 0.395 e. The van der Waals surface area contributed by atoms with Gasteiger partial charge in [0.2, 0.25) is 0 Å². The number of nitrogens with one attached hydrogen (secondary N) is 1. The zero-order valence-corrected chi connectivity index (χ0v) is 8.71. The first kappa shape index (κ1) is 11.0. The monoisotopic (exact) mass is 211 g/mol. The molecule has 4 N–H and O–H groups in total. The Balaban J connectivity index is 2.68. The molecule has 1 aromatic heterocycles. The fraction of sp³-hybridized carbons (Fsp3) is 0.333. The molecule has 0 aliphatic carbocycles. The number of hydrogen-bond acceptors (Lipinski definition) is 4. The van der Waals surface area contributed by atoms with Crippen LogP contribution in [-0.2, 0) is 0 Å². The van der Waals surface area contributed by atoms with Gasteiger partial charge in [-0.15, -0.1) is 11.8 Å². The summed E-state index contributed by atoms with van der Waals surface area (Å²) >= 11 is 1.54. The van der Waals surface area contributed by atoms with E-state index in [-0.39, 0.29) is 17.7 Å². The normalized spacial score (nSPS) is 12.4. The van der Waals surface area contributed by atoms with Crippen LogP contribution in [0.3, 0.4) is 0 Å². The number of nitrogens with zero attached hydrogens (tertiary/aromatic N) is 1. The molecule has 0 aromatic carbocycles. The molecule has 1 heterocycles. The van der Waals surface area contributed by atoms with E-state index in [2.05, 4.69) is 4.98 Å². The van der Waals surface area contributed by atoms with E-state index < -0.39 is 0 Å². The van der Waals surface area contributed by atoms with Gasteiger partial charge >= 0.3 is 0 Å². The first-order valence-electron chi connectivity index (χ1n) is 4.21. The van der Waals surface area contributed by atoms with Crippen LogP contribution < -0.4 is 5.73 Å². The molecule has 0 saturated carbocycles. The van der Waals surface area contributed by atoms with E-state index in [1.54, 1.807) is 24.0 Å². The maximum atomic E-state index is 8.84. The Kier molecular flexibility index (Phi) is 3.91. The molecular weight excluding hydrogens is 198 g/mol. The standard InChI is InChI=1S/C9H13N3OS/c1-6(5-13)14-7-2-3-8(9(10)11)12-4-7/h2-4,6,13H,5H2,1H3,(H3,10,11). The lowest BCUT2D eigenvalue weighted by atomic mass is 10.3. The highest BCUT2D eigenvalue weighted by Crippen LogP contribution is 2.21. The molecule has 0 aliphatic rings. The summed E-state index contributed by atoms with van der Waals surface area (Å²) in [5, 5.41) is 16.1. The lowest BCUT2D eigenvalue weighted by molar-refractivity contribution is 0.300. The molecule has 1 aromatic rings. The molecule has 0 aliphatic heterocycles. The first-order chi connectivity index (χ1) is 6.63. The molecule has 1 rings (SSSR count). The van der Waals surface area contributed by atoms with Crippen LogP contribution in [0.1, 0.15) is 12.6 Å². The minimum atomic E-state index is -0.0308. The maximum absolute atomic E-state index is 8.84. The summed E-state index contributed by atoms with van der Waals surface area (Å²) < 4.78 is 0. The third-order valence-electron chi connectivity index (χ3n) is 1.61. The number of nitrogens with two attached hydrogens (primary N) is 1. The molecule has 0 fully saturated rings. The molecule has 0 saturated heterocycles. The van der Waals surface area contributed by atoms with Gasteiger partial charge in [-0.3, -0.25) is 10.4 Å². The Labute approximate surface area is 87.1 Å². The van der Waals surface area contributed by atoms with Crippen LogP contribution in [0.25, 0.3) is 0 Å². The molecule has 76 valence electrons. The summed E-state index contributed by atoms with van der Waals surface area (Å²) in [6.45, 7) is 2.07. The van der Waals surface area contributed by atoms with Gasteiger partial charge in [0.15, 0.2) is 0 Å². The van der Waals surface area contributed by atoms with Crippen molar-refractivity contribution in [2.45, 2.75) is 17.1 Å². The Hall–Kier alpha value is -1.07. The second-order valence-corrected chi connectivity index (χ2v) is 4.42. The number of pyridine rings is 1. The van der Waals surface area contributed by atoms with Crippen LogP contribution in [-0.4, -0.2) is 27.8 Å². The zero-order chi connectivity index (χ0) is 10.6. The quantitative estimate of drug-likeness (QED) is 0.391. The van der Waals surface area contributed by atoms with Crippen molar-refractivity contribution in [3.8, 4) is 0 Å². The second-order valence-electron chi connectivity index (χ2n) is 2.90. The van der Waals surface area contributed by atoms with Crippen LogP contribution in [0.15, 0.2) is 23.2 Å². The summed E-state index contributed by atoms with van der Waals surface area (Å²) in [6.07, 6.45) is 1.66. The topological polar surface area (TPSA) is 83.0 Å². The van der Waals surface area contributed by atoms with Crippen LogP contribution in [0, 0.1) is 5.41 Å². The van der Waals surface area contributed by atoms with Crippen LogP contribution >= 0.6 is 11.8 Å². The molecule has 0 bridgehead atoms. The van der Waals surface area contributed by atoms with E-state index >= 15 is 0 Å². The van der Waals surface area contributed by atoms with Crippen molar-refractivity contribution < 1.29 is 5.11 Å². The van der Waals surface area contributed by atoms with Gasteiger partial charge in [-0.2, -0.15) is 0 Å². The zero-order valence-electron chi connectivity index (χ0n) is 7.90.